The van der Waals surface area contributed by atoms with Gasteiger partial charge in [-0.15, -0.1) is 11.3 Å². The predicted octanol–water partition coefficient (Wildman–Crippen LogP) is 2.97. The molecule has 3 aromatic rings. The van der Waals surface area contributed by atoms with Crippen molar-refractivity contribution in [2.75, 3.05) is 38.4 Å². The van der Waals surface area contributed by atoms with Crippen LogP contribution >= 0.6 is 32.9 Å². The van der Waals surface area contributed by atoms with Crippen LogP contribution < -0.4 is 53.4 Å². The Hall–Kier alpha value is -11.4. The van der Waals surface area contributed by atoms with Crippen molar-refractivity contribution in [1.29, 1.82) is 0 Å². The van der Waals surface area contributed by atoms with Crippen molar-refractivity contribution in [2.45, 2.75) is 224 Å². The maximum Gasteiger partial charge on any atom is 0.426 e. The number of nitrogens with zero attached hydrogens (tertiary/aromatic N) is 3. The summed E-state index contributed by atoms with van der Waals surface area (Å²) in [6.07, 6.45) is -4.42. The lowest BCUT2D eigenvalue weighted by molar-refractivity contribution is -0.161. The topological polar surface area (TPSA) is 616 Å². The molecule has 4 rings (SSSR count). The van der Waals surface area contributed by atoms with E-state index >= 15 is 4.79 Å². The van der Waals surface area contributed by atoms with Gasteiger partial charge in [0.1, 0.15) is 65.4 Å². The van der Waals surface area contributed by atoms with Crippen molar-refractivity contribution in [3.05, 3.63) is 81.8 Å². The van der Waals surface area contributed by atoms with Crippen LogP contribution in [0.4, 0.5) is 9.59 Å². The average molecular weight is 1760 g/mol. The minimum atomic E-state index is -1.95. The van der Waals surface area contributed by atoms with Gasteiger partial charge in [-0.25, -0.2) is 39.2 Å². The second-order valence-corrected chi connectivity index (χ2v) is 32.6. The molecule has 2 unspecified atom stereocenters. The summed E-state index contributed by atoms with van der Waals surface area (Å²) in [6, 6.07) is -1.12. The van der Waals surface area contributed by atoms with Crippen molar-refractivity contribution < 1.29 is 136 Å². The number of benzene rings is 2. The number of phenolic OH excluding ortho intramolecular Hbond substituents is 1. The van der Waals surface area contributed by atoms with Crippen LogP contribution in [0.25, 0.3) is 0 Å². The smallest absolute Gasteiger partial charge is 0.426 e. The number of carbonyl (C=O) groups is 18. The number of thiazole rings is 1. The first kappa shape index (κ1) is 102. The number of likely N-dealkylation sites (N-methyl/N-ethyl adjacent to an activating group) is 1. The summed E-state index contributed by atoms with van der Waals surface area (Å²) in [5, 5.41) is 87.8. The Bertz CT molecular complexity index is 4050. The lowest BCUT2D eigenvalue weighted by Gasteiger charge is -2.39. The quantitative estimate of drug-likeness (QED) is 0.00964. The van der Waals surface area contributed by atoms with Crippen molar-refractivity contribution >= 4 is 140 Å². The molecule has 121 heavy (non-hydrogen) atoms. The van der Waals surface area contributed by atoms with Gasteiger partial charge in [0.15, 0.2) is 12.8 Å². The molecule has 0 bridgehead atoms. The number of carboxylic acid groups (broad SMARTS) is 6. The lowest BCUT2D eigenvalue weighted by Crippen LogP contribution is -2.59. The number of ether oxygens (including phenoxy) is 3. The van der Waals surface area contributed by atoms with Crippen LogP contribution in [0.1, 0.15) is 178 Å². The number of aromatic hydroxyl groups is 1. The molecule has 13 atom stereocenters. The number of hydrogen-bond donors (Lipinski definition) is 17. The molecule has 0 spiro atoms. The van der Waals surface area contributed by atoms with Crippen molar-refractivity contribution in [2.24, 2.45) is 17.8 Å². The van der Waals surface area contributed by atoms with Crippen LogP contribution in [0.2, 0.25) is 0 Å². The number of carbonyl (C=O) groups excluding carboxylic acids is 12. The van der Waals surface area contributed by atoms with Gasteiger partial charge < -0.3 is 97.4 Å². The molecular weight excluding hydrogens is 1650 g/mol. The van der Waals surface area contributed by atoms with Gasteiger partial charge in [0.2, 0.25) is 41.4 Å². The highest BCUT2D eigenvalue weighted by atomic mass is 33.1. The van der Waals surface area contributed by atoms with E-state index in [1.807, 2.05) is 50.3 Å². The van der Waals surface area contributed by atoms with Gasteiger partial charge >= 0.3 is 59.9 Å². The highest BCUT2D eigenvalue weighted by molar-refractivity contribution is 8.76. The fourth-order valence-electron chi connectivity index (χ4n) is 12.3. The third-order valence-electron chi connectivity index (χ3n) is 19.1. The van der Waals surface area contributed by atoms with Gasteiger partial charge in [0.05, 0.1) is 12.5 Å². The van der Waals surface area contributed by atoms with Crippen molar-refractivity contribution in [3.63, 3.8) is 0 Å². The fourth-order valence-corrected chi connectivity index (χ4v) is 15.2. The molecule has 41 nitrogen and oxygen atoms in total. The molecule has 0 radical (unpaired) electrons. The van der Waals surface area contributed by atoms with E-state index in [-0.39, 0.29) is 84.4 Å². The Morgan fingerprint density at radius 2 is 1.19 bits per heavy atom. The van der Waals surface area contributed by atoms with Gasteiger partial charge in [-0.1, -0.05) is 118 Å². The van der Waals surface area contributed by atoms with E-state index in [9.17, 15) is 112 Å². The number of piperidine rings is 1. The Morgan fingerprint density at radius 3 is 1.75 bits per heavy atom. The molecule has 1 aromatic heterocycles. The fraction of sp³-hybridized carbons (Fsp3) is 0.571. The number of amides is 11. The number of aliphatic carboxylic acids is 6. The number of aromatic nitrogens is 1. The number of urea groups is 1. The summed E-state index contributed by atoms with van der Waals surface area (Å²) < 4.78 is 16.8. The van der Waals surface area contributed by atoms with Gasteiger partial charge in [0.25, 0.3) is 5.91 Å². The van der Waals surface area contributed by atoms with Crippen LogP contribution in [0, 0.1) is 17.8 Å². The van der Waals surface area contributed by atoms with Crippen molar-refractivity contribution in [3.8, 4) is 5.75 Å². The molecule has 668 valence electrons. The predicted molar refractivity (Wildman–Crippen MR) is 434 cm³/mol. The number of nitrogens with one attached hydrogen (secondary N) is 10. The molecular formula is C77H109N13O28S3. The highest BCUT2D eigenvalue weighted by Crippen LogP contribution is 2.33. The van der Waals surface area contributed by atoms with Crippen LogP contribution in [0.3, 0.4) is 0 Å². The van der Waals surface area contributed by atoms with Crippen LogP contribution in [-0.2, 0) is 99.0 Å². The Morgan fingerprint density at radius 1 is 0.612 bits per heavy atom. The molecule has 17 N–H and O–H groups in total. The number of rotatable bonds is 53. The van der Waals surface area contributed by atoms with E-state index in [0.29, 0.717) is 36.9 Å². The summed E-state index contributed by atoms with van der Waals surface area (Å²) in [5.41, 5.74) is 5.39. The van der Waals surface area contributed by atoms with E-state index in [0.717, 1.165) is 45.8 Å². The van der Waals surface area contributed by atoms with Crippen molar-refractivity contribution in [1.82, 2.24) is 68.2 Å². The summed E-state index contributed by atoms with van der Waals surface area (Å²) in [5.74, 6) is -19.6. The molecule has 11 amide bonds. The SMILES string of the molecule is CCCC(=O)OCN(C(=O)[C@@H](NC(=O)[C@H]1CCCCN1C)C(C)CC)[C@H](C[C@@H](OC(C)=O)c1nc(C(=O)N[C@@H](Cc2ccc(O)cc2)C[C@H](C)C(=O)NNC(=O)OCCSSC[C@H](NC(=O)[C@H](Cc2ccccc2)NC(=O)[C@H](CC(=O)O)NC(=O)CC[C@H](NC(=O)CCC(NC(=O)N[C@@H](CCC(=O)O)C(=O)O)C(=O)O)C(=O)O)C(=O)O)cs1)C(C)C. The minimum Gasteiger partial charge on any atom is -0.508 e. The second kappa shape index (κ2) is 52.6. The van der Waals surface area contributed by atoms with E-state index in [4.69, 9.17) is 19.3 Å². The molecule has 2 heterocycles. The van der Waals surface area contributed by atoms with Crippen LogP contribution in [0.5, 0.6) is 5.75 Å². The third-order valence-corrected chi connectivity index (χ3v) is 22.4. The molecule has 1 fully saturated rings. The van der Waals surface area contributed by atoms with E-state index in [1.54, 1.807) is 49.4 Å². The Kier molecular flexibility index (Phi) is 44.3. The average Bonchev–Trinajstić information content (AvgIpc) is 1.78. The molecule has 44 heteroatoms. The van der Waals surface area contributed by atoms with E-state index in [1.165, 1.54) is 36.3 Å². The number of hydrogen-bond acceptors (Lipinski definition) is 27. The van der Waals surface area contributed by atoms with E-state index < -0.39 is 225 Å². The number of likely N-dealkylation sites (tertiary alicyclic amines) is 1. The summed E-state index contributed by atoms with van der Waals surface area (Å²) in [6.45, 7) is 11.8. The van der Waals surface area contributed by atoms with Crippen LogP contribution in [-0.4, -0.2) is 257 Å². The highest BCUT2D eigenvalue weighted by Gasteiger charge is 2.41. The maximum atomic E-state index is 15.0. The normalized spacial score (nSPS) is 15.5. The zero-order valence-corrected chi connectivity index (χ0v) is 70.6. The zero-order valence-electron chi connectivity index (χ0n) is 68.2. The number of hydrazine groups is 1. The first-order valence-electron chi connectivity index (χ1n) is 39.0. The minimum absolute atomic E-state index is 0.0217. The molecule has 0 saturated carbocycles. The Balaban J connectivity index is 1.36. The second-order valence-electron chi connectivity index (χ2n) is 29.1. The molecule has 2 aromatic carbocycles. The summed E-state index contributed by atoms with van der Waals surface area (Å²) in [4.78, 5) is 241. The first-order chi connectivity index (χ1) is 57.2. The van der Waals surface area contributed by atoms with Gasteiger partial charge in [-0.05, 0) is 100 Å². The molecule has 1 saturated heterocycles. The summed E-state index contributed by atoms with van der Waals surface area (Å²) >= 11 is 1.000. The number of carboxylic acids is 6. The zero-order chi connectivity index (χ0) is 90.2. The summed E-state index contributed by atoms with van der Waals surface area (Å²) in [7, 11) is 3.78. The molecule has 0 aliphatic carbocycles. The number of phenols is 1. The monoisotopic (exact) mass is 1760 g/mol. The molecule has 1 aliphatic rings. The van der Waals surface area contributed by atoms with Gasteiger partial charge in [-0.2, -0.15) is 0 Å². The standard InChI is InChI=1S/C77H109N13O28S3/c1-9-16-63(99)117-40-90(71(105)64(42(5)10-2)86-69(104)56-19-14-15-30-89(56)8)57(41(3)4)37-58(118-44(7)91)70-83-54(38-119-70)68(103)78-47(34-46-20-22-48(92)23-21-46)33-43(6)65(100)87-88-77(115)116-31-32-120-121-39-55(75(112)113)82-66(101)52(35-45-17-12-11-13-18-45)81-67(102)53(36-62(97)98)80-60(94)27-24-49(72(106)107)79-59(93)28-25-50(73(108)109)84-76(114)85-51(74(110)111)26-29-61(95)96/h11-13,17-18,20-23,38,41-43,47,49-53,55-58,64,92H,9-10,14-16,19,24-37,39-40H2,1-8H3,(H,78,103)(H,79,93)(H,80,94)(H,81,102)(H,82,101)(H,86,104)(H,87,100)(H,88,115)(H,95,96)(H,97,98)(H,106,107)(H,108,109)(H,110,111)(H,112,113)(H2,84,85,114)/t42?,43-,47+,49-,50?,51-,52-,53-,55-,56+,57+,58+,64-/m0/s1. The maximum absolute atomic E-state index is 15.0. The first-order valence-corrected chi connectivity index (χ1v) is 42.4. The third kappa shape index (κ3) is 37.4. The Labute approximate surface area is 708 Å². The van der Waals surface area contributed by atoms with E-state index in [2.05, 4.69) is 47.7 Å². The van der Waals surface area contributed by atoms with Gasteiger partial charge in [0, 0.05) is 80.3 Å². The molecule has 1 aliphatic heterocycles. The van der Waals surface area contributed by atoms with Gasteiger partial charge in [-0.3, -0.25) is 67.9 Å². The lowest BCUT2D eigenvalue weighted by atomic mass is 9.92. The van der Waals surface area contributed by atoms with Crippen LogP contribution in [0.15, 0.2) is 60.0 Å². The largest absolute Gasteiger partial charge is 0.508 e. The number of esters is 2.